The summed E-state index contributed by atoms with van der Waals surface area (Å²) >= 11 is 0. The molecule has 1 N–H and O–H groups in total. The number of hydrogen-bond acceptors (Lipinski definition) is 2. The minimum Gasteiger partial charge on any atom is -0.317 e. The molecule has 0 aromatic heterocycles. The molecule has 86 valence electrons. The minimum absolute atomic E-state index is 0.667. The number of rotatable bonds is 9. The van der Waals surface area contributed by atoms with Gasteiger partial charge >= 0.3 is 0 Å². The molecular formula is C12H28N2. The molecule has 1 unspecified atom stereocenters. The maximum absolute atomic E-state index is 3.28. The van der Waals surface area contributed by atoms with E-state index in [9.17, 15) is 0 Å². The van der Waals surface area contributed by atoms with Crippen molar-refractivity contribution < 1.29 is 0 Å². The fourth-order valence-corrected chi connectivity index (χ4v) is 1.73. The van der Waals surface area contributed by atoms with Crippen molar-refractivity contribution in [3.63, 3.8) is 0 Å². The van der Waals surface area contributed by atoms with Crippen molar-refractivity contribution in [3.8, 4) is 0 Å². The molecule has 2 heteroatoms. The van der Waals surface area contributed by atoms with E-state index < -0.39 is 0 Å². The molecule has 0 rings (SSSR count). The van der Waals surface area contributed by atoms with Gasteiger partial charge in [0.2, 0.25) is 0 Å². The zero-order valence-corrected chi connectivity index (χ0v) is 10.5. The lowest BCUT2D eigenvalue weighted by Gasteiger charge is -2.21. The predicted octanol–water partition coefficient (Wildman–Crippen LogP) is 2.50. The number of nitrogens with one attached hydrogen (secondary N) is 1. The Balaban J connectivity index is 3.49. The molecule has 0 saturated heterocycles. The third kappa shape index (κ3) is 7.34. The van der Waals surface area contributed by atoms with E-state index in [4.69, 9.17) is 0 Å². The van der Waals surface area contributed by atoms with Crippen LogP contribution in [0.5, 0.6) is 0 Å². The quantitative estimate of drug-likeness (QED) is 0.615. The first kappa shape index (κ1) is 13.9. The van der Waals surface area contributed by atoms with Crippen LogP contribution in [0.4, 0.5) is 0 Å². The Hall–Kier alpha value is -0.0800. The van der Waals surface area contributed by atoms with Crippen LogP contribution < -0.4 is 5.32 Å². The molecule has 14 heavy (non-hydrogen) atoms. The zero-order chi connectivity index (χ0) is 10.8. The van der Waals surface area contributed by atoms with Crippen molar-refractivity contribution in [1.82, 2.24) is 10.2 Å². The molecule has 0 aliphatic carbocycles. The van der Waals surface area contributed by atoms with Crippen LogP contribution in [0.25, 0.3) is 0 Å². The lowest BCUT2D eigenvalue weighted by molar-refractivity contribution is 0.265. The van der Waals surface area contributed by atoms with Gasteiger partial charge in [-0.25, -0.2) is 0 Å². The molecule has 0 fully saturated rings. The second-order valence-corrected chi connectivity index (χ2v) is 4.17. The Morgan fingerprint density at radius 3 is 2.07 bits per heavy atom. The van der Waals surface area contributed by atoms with Crippen LogP contribution in [0.1, 0.15) is 46.5 Å². The van der Waals surface area contributed by atoms with E-state index in [1.165, 1.54) is 45.3 Å². The average Bonchev–Trinajstić information content (AvgIpc) is 2.18. The van der Waals surface area contributed by atoms with Crippen molar-refractivity contribution in [2.45, 2.75) is 52.5 Å². The summed E-state index contributed by atoms with van der Waals surface area (Å²) in [5.74, 6) is 0. The highest BCUT2D eigenvalue weighted by Crippen LogP contribution is 2.01. The molecule has 0 radical (unpaired) electrons. The summed E-state index contributed by atoms with van der Waals surface area (Å²) in [4.78, 5) is 2.59. The fourth-order valence-electron chi connectivity index (χ4n) is 1.73. The fraction of sp³-hybridized carbons (Fsp3) is 1.00. The highest BCUT2D eigenvalue weighted by Gasteiger charge is 2.03. The Labute approximate surface area is 90.1 Å². The van der Waals surface area contributed by atoms with Crippen LogP contribution >= 0.6 is 0 Å². The van der Waals surface area contributed by atoms with Crippen molar-refractivity contribution in [2.24, 2.45) is 0 Å². The molecule has 0 amide bonds. The van der Waals surface area contributed by atoms with Gasteiger partial charge in [0.15, 0.2) is 0 Å². The highest BCUT2D eigenvalue weighted by molar-refractivity contribution is 4.61. The van der Waals surface area contributed by atoms with Crippen molar-refractivity contribution in [1.29, 1.82) is 0 Å². The Kier molecular flexibility index (Phi) is 9.42. The molecular weight excluding hydrogens is 172 g/mol. The van der Waals surface area contributed by atoms with Crippen LogP contribution in [0.2, 0.25) is 0 Å². The first-order valence-electron chi connectivity index (χ1n) is 6.14. The number of nitrogens with zero attached hydrogens (tertiary/aromatic N) is 1. The van der Waals surface area contributed by atoms with E-state index >= 15 is 0 Å². The van der Waals surface area contributed by atoms with Crippen molar-refractivity contribution in [2.75, 3.05) is 26.7 Å². The van der Waals surface area contributed by atoms with Gasteiger partial charge in [-0.3, -0.25) is 0 Å². The topological polar surface area (TPSA) is 15.3 Å². The Morgan fingerprint density at radius 1 is 1.07 bits per heavy atom. The maximum atomic E-state index is 3.28. The van der Waals surface area contributed by atoms with E-state index in [0.29, 0.717) is 6.04 Å². The Bertz CT molecular complexity index is 109. The van der Waals surface area contributed by atoms with E-state index in [1.54, 1.807) is 0 Å². The second kappa shape index (κ2) is 9.47. The number of hydrogen-bond donors (Lipinski definition) is 1. The summed E-state index contributed by atoms with van der Waals surface area (Å²) in [6, 6.07) is 0.667. The molecule has 0 bridgehead atoms. The lowest BCUT2D eigenvalue weighted by atomic mass is 10.2. The van der Waals surface area contributed by atoms with Gasteiger partial charge in [-0.15, -0.1) is 0 Å². The average molecular weight is 200 g/mol. The lowest BCUT2D eigenvalue weighted by Crippen LogP contribution is -2.28. The van der Waals surface area contributed by atoms with Gasteiger partial charge in [-0.05, 0) is 59.3 Å². The van der Waals surface area contributed by atoms with Crippen molar-refractivity contribution in [3.05, 3.63) is 0 Å². The van der Waals surface area contributed by atoms with Gasteiger partial charge in [0.25, 0.3) is 0 Å². The van der Waals surface area contributed by atoms with Crippen LogP contribution in [-0.2, 0) is 0 Å². The van der Waals surface area contributed by atoms with Gasteiger partial charge in [0.1, 0.15) is 0 Å². The third-order valence-electron chi connectivity index (χ3n) is 2.68. The molecule has 0 aromatic carbocycles. The van der Waals surface area contributed by atoms with Crippen LogP contribution in [0.3, 0.4) is 0 Å². The van der Waals surface area contributed by atoms with Gasteiger partial charge in [-0.1, -0.05) is 13.8 Å². The van der Waals surface area contributed by atoms with Crippen LogP contribution in [-0.4, -0.2) is 37.6 Å². The standard InChI is InChI=1S/C12H28N2/c1-5-9-14(10-6-2)11-7-8-12(3)13-4/h12-13H,5-11H2,1-4H3. The van der Waals surface area contributed by atoms with Crippen LogP contribution in [0.15, 0.2) is 0 Å². The zero-order valence-electron chi connectivity index (χ0n) is 10.5. The molecule has 2 nitrogen and oxygen atoms in total. The molecule has 0 aromatic rings. The van der Waals surface area contributed by atoms with Gasteiger partial charge in [0.05, 0.1) is 0 Å². The maximum Gasteiger partial charge on any atom is 0.00362 e. The van der Waals surface area contributed by atoms with E-state index in [-0.39, 0.29) is 0 Å². The summed E-state index contributed by atoms with van der Waals surface area (Å²) < 4.78 is 0. The molecule has 1 atom stereocenters. The predicted molar refractivity (Wildman–Crippen MR) is 64.8 cm³/mol. The second-order valence-electron chi connectivity index (χ2n) is 4.17. The van der Waals surface area contributed by atoms with E-state index in [1.807, 2.05) is 7.05 Å². The summed E-state index contributed by atoms with van der Waals surface area (Å²) in [6.07, 6.45) is 5.17. The SMILES string of the molecule is CCCN(CCC)CCCC(C)NC. The van der Waals surface area contributed by atoms with Gasteiger partial charge in [0, 0.05) is 6.04 Å². The normalized spacial score (nSPS) is 13.5. The van der Waals surface area contributed by atoms with Gasteiger partial charge in [-0.2, -0.15) is 0 Å². The van der Waals surface area contributed by atoms with Crippen molar-refractivity contribution >= 4 is 0 Å². The largest absolute Gasteiger partial charge is 0.317 e. The molecule has 0 aliphatic heterocycles. The monoisotopic (exact) mass is 200 g/mol. The van der Waals surface area contributed by atoms with Gasteiger partial charge < -0.3 is 10.2 Å². The molecule has 0 aliphatic rings. The van der Waals surface area contributed by atoms with Crippen LogP contribution in [0, 0.1) is 0 Å². The smallest absolute Gasteiger partial charge is 0.00362 e. The summed E-state index contributed by atoms with van der Waals surface area (Å²) in [6.45, 7) is 10.6. The summed E-state index contributed by atoms with van der Waals surface area (Å²) in [7, 11) is 2.04. The third-order valence-corrected chi connectivity index (χ3v) is 2.68. The highest BCUT2D eigenvalue weighted by atomic mass is 15.1. The summed E-state index contributed by atoms with van der Waals surface area (Å²) in [5.41, 5.74) is 0. The minimum atomic E-state index is 0.667. The first-order chi connectivity index (χ1) is 6.74. The first-order valence-corrected chi connectivity index (χ1v) is 6.14. The molecule has 0 heterocycles. The van der Waals surface area contributed by atoms with E-state index in [2.05, 4.69) is 31.0 Å². The molecule has 0 saturated carbocycles. The Morgan fingerprint density at radius 2 is 1.64 bits per heavy atom. The molecule has 0 spiro atoms. The summed E-state index contributed by atoms with van der Waals surface area (Å²) in [5, 5.41) is 3.28. The van der Waals surface area contributed by atoms with E-state index in [0.717, 1.165) is 0 Å².